The standard InChI is InChI=1S/C77H150O17P2/c1-7-9-11-13-15-17-19-21-22-23-24-26-30-37-44-50-56-62-77(82)93-72(65-87-74(79)59-53-47-41-35-31-27-28-33-39-45-51-57-69(3)4)67-91-95(83,84)89-63-71(78)64-90-96(85,86)92-68-73(66-88-75(80)60-54-48-42-38-32-34-40-46-52-58-70(5)6)94-76(81)61-55-49-43-36-29-25-20-18-16-14-12-10-8-2/h69-73,78H,7-68H2,1-6H3,(H,83,84)(H,85,86)/t71-,72-,73-/m1/s1. The second-order valence-electron chi connectivity index (χ2n) is 28.7. The molecule has 2 unspecified atom stereocenters. The Hall–Kier alpha value is -1.94. The molecule has 17 nitrogen and oxygen atoms in total. The van der Waals surface area contributed by atoms with Gasteiger partial charge in [0.15, 0.2) is 12.2 Å². The van der Waals surface area contributed by atoms with E-state index in [1.165, 1.54) is 218 Å². The summed E-state index contributed by atoms with van der Waals surface area (Å²) in [7, 11) is -9.91. The molecule has 0 aromatic heterocycles. The van der Waals surface area contributed by atoms with Gasteiger partial charge >= 0.3 is 39.5 Å². The zero-order chi connectivity index (χ0) is 70.7. The summed E-state index contributed by atoms with van der Waals surface area (Å²) < 4.78 is 68.6. The molecule has 19 heteroatoms. The van der Waals surface area contributed by atoms with Crippen LogP contribution >= 0.6 is 15.6 Å². The number of aliphatic hydroxyl groups excluding tert-OH is 1. The van der Waals surface area contributed by atoms with Crippen molar-refractivity contribution in [3.63, 3.8) is 0 Å². The van der Waals surface area contributed by atoms with Gasteiger partial charge in [-0.05, 0) is 37.5 Å². The van der Waals surface area contributed by atoms with Crippen molar-refractivity contribution in [3.8, 4) is 0 Å². The van der Waals surface area contributed by atoms with Crippen LogP contribution in [0, 0.1) is 11.8 Å². The summed E-state index contributed by atoms with van der Waals surface area (Å²) in [5.74, 6) is -0.597. The molecule has 0 saturated carbocycles. The molecule has 5 atom stereocenters. The van der Waals surface area contributed by atoms with Crippen molar-refractivity contribution in [1.29, 1.82) is 0 Å². The third-order valence-corrected chi connectivity index (χ3v) is 19.9. The Morgan fingerprint density at radius 3 is 0.708 bits per heavy atom. The Kier molecular flexibility index (Phi) is 67.4. The fourth-order valence-corrected chi connectivity index (χ4v) is 13.4. The molecule has 0 saturated heterocycles. The quantitative estimate of drug-likeness (QED) is 0.0222. The zero-order valence-corrected chi connectivity index (χ0v) is 64.5. The van der Waals surface area contributed by atoms with Crippen molar-refractivity contribution in [2.75, 3.05) is 39.6 Å². The van der Waals surface area contributed by atoms with E-state index in [9.17, 15) is 43.2 Å². The minimum Gasteiger partial charge on any atom is -0.462 e. The number of esters is 4. The maximum absolute atomic E-state index is 13.1. The first kappa shape index (κ1) is 94.1. The van der Waals surface area contributed by atoms with Crippen LogP contribution in [0.15, 0.2) is 0 Å². The first-order chi connectivity index (χ1) is 46.4. The van der Waals surface area contributed by atoms with E-state index < -0.39 is 97.5 Å². The van der Waals surface area contributed by atoms with Gasteiger partial charge < -0.3 is 33.8 Å². The van der Waals surface area contributed by atoms with Gasteiger partial charge in [-0.3, -0.25) is 37.3 Å². The predicted molar refractivity (Wildman–Crippen MR) is 391 cm³/mol. The molecular weight excluding hydrogens is 1260 g/mol. The molecule has 96 heavy (non-hydrogen) atoms. The van der Waals surface area contributed by atoms with Crippen molar-refractivity contribution >= 4 is 39.5 Å². The average Bonchev–Trinajstić information content (AvgIpc) is 1.19. The van der Waals surface area contributed by atoms with Crippen LogP contribution in [0.3, 0.4) is 0 Å². The Morgan fingerprint density at radius 1 is 0.281 bits per heavy atom. The summed E-state index contributed by atoms with van der Waals surface area (Å²) >= 11 is 0. The van der Waals surface area contributed by atoms with Crippen molar-refractivity contribution in [1.82, 2.24) is 0 Å². The Balaban J connectivity index is 5.26. The minimum absolute atomic E-state index is 0.107. The smallest absolute Gasteiger partial charge is 0.462 e. The van der Waals surface area contributed by atoms with Gasteiger partial charge in [0, 0.05) is 25.7 Å². The summed E-state index contributed by atoms with van der Waals surface area (Å²) in [6, 6.07) is 0. The van der Waals surface area contributed by atoms with Gasteiger partial charge in [-0.1, -0.05) is 350 Å². The molecule has 0 rings (SSSR count). The Bertz CT molecular complexity index is 1860. The van der Waals surface area contributed by atoms with Crippen LogP contribution in [0.4, 0.5) is 0 Å². The van der Waals surface area contributed by atoms with Crippen molar-refractivity contribution < 1.29 is 80.2 Å². The van der Waals surface area contributed by atoms with E-state index in [1.807, 2.05) is 0 Å². The van der Waals surface area contributed by atoms with Crippen LogP contribution in [0.5, 0.6) is 0 Å². The molecule has 3 N–H and O–H groups in total. The first-order valence-corrected chi connectivity index (χ1v) is 43.0. The van der Waals surface area contributed by atoms with E-state index in [-0.39, 0.29) is 25.7 Å². The maximum Gasteiger partial charge on any atom is 0.472 e. The SMILES string of the molecule is CCCCCCCCCCCCCCCCCCCC(=O)O[C@H](COC(=O)CCCCCCCCCCCCCC(C)C)COP(=O)(O)OC[C@@H](O)COP(=O)(O)OC[C@@H](COC(=O)CCCCCCCCCCCC(C)C)OC(=O)CCCCCCCCCCCCCCC. The number of ether oxygens (including phenoxy) is 4. The Labute approximate surface area is 588 Å². The number of carbonyl (C=O) groups is 4. The van der Waals surface area contributed by atoms with Crippen molar-refractivity contribution in [2.24, 2.45) is 11.8 Å². The maximum atomic E-state index is 13.1. The molecule has 0 heterocycles. The van der Waals surface area contributed by atoms with E-state index in [0.29, 0.717) is 25.7 Å². The topological polar surface area (TPSA) is 237 Å². The van der Waals surface area contributed by atoms with Gasteiger partial charge in [0.2, 0.25) is 0 Å². The lowest BCUT2D eigenvalue weighted by atomic mass is 10.0. The van der Waals surface area contributed by atoms with Gasteiger partial charge in [-0.15, -0.1) is 0 Å². The third-order valence-electron chi connectivity index (χ3n) is 18.0. The Morgan fingerprint density at radius 2 is 0.479 bits per heavy atom. The van der Waals surface area contributed by atoms with Gasteiger partial charge in [0.25, 0.3) is 0 Å². The normalized spacial score (nSPS) is 14.0. The fraction of sp³-hybridized carbons (Fsp3) is 0.948. The van der Waals surface area contributed by atoms with Crippen LogP contribution < -0.4 is 0 Å². The van der Waals surface area contributed by atoms with E-state index in [0.717, 1.165) is 102 Å². The van der Waals surface area contributed by atoms with E-state index in [4.69, 9.17) is 37.0 Å². The van der Waals surface area contributed by atoms with Crippen LogP contribution in [0.1, 0.15) is 401 Å². The number of rotatable bonds is 76. The monoisotopic (exact) mass is 1410 g/mol. The third kappa shape index (κ3) is 70.5. The summed E-state index contributed by atoms with van der Waals surface area (Å²) in [5.41, 5.74) is 0. The fourth-order valence-electron chi connectivity index (χ4n) is 11.8. The average molecular weight is 1410 g/mol. The number of phosphoric acid groups is 2. The summed E-state index contributed by atoms with van der Waals surface area (Å²) in [4.78, 5) is 72.9. The highest BCUT2D eigenvalue weighted by molar-refractivity contribution is 7.47. The minimum atomic E-state index is -4.96. The van der Waals surface area contributed by atoms with E-state index in [2.05, 4.69) is 41.5 Å². The first-order valence-electron chi connectivity index (χ1n) is 40.0. The second kappa shape index (κ2) is 68.8. The lowest BCUT2D eigenvalue weighted by molar-refractivity contribution is -0.161. The number of phosphoric ester groups is 2. The van der Waals surface area contributed by atoms with E-state index >= 15 is 0 Å². The van der Waals surface area contributed by atoms with Gasteiger partial charge in [0.1, 0.15) is 19.3 Å². The molecule has 0 aliphatic rings. The van der Waals surface area contributed by atoms with E-state index in [1.54, 1.807) is 0 Å². The molecule has 0 spiro atoms. The molecule has 0 aliphatic carbocycles. The molecule has 0 bridgehead atoms. The molecular formula is C77H150O17P2. The van der Waals surface area contributed by atoms with Crippen molar-refractivity contribution in [2.45, 2.75) is 419 Å². The lowest BCUT2D eigenvalue weighted by Crippen LogP contribution is -2.30. The molecule has 0 amide bonds. The number of carbonyl (C=O) groups excluding carboxylic acids is 4. The van der Waals surface area contributed by atoms with Gasteiger partial charge in [-0.2, -0.15) is 0 Å². The summed E-state index contributed by atoms with van der Waals surface area (Å²) in [5, 5.41) is 10.6. The van der Waals surface area contributed by atoms with Crippen LogP contribution in [-0.2, 0) is 65.4 Å². The molecule has 0 aliphatic heterocycles. The molecule has 570 valence electrons. The number of hydrogen-bond donors (Lipinski definition) is 3. The zero-order valence-electron chi connectivity index (χ0n) is 62.7. The second-order valence-corrected chi connectivity index (χ2v) is 31.6. The summed E-state index contributed by atoms with van der Waals surface area (Å²) in [6.45, 7) is 9.60. The molecule has 0 aromatic carbocycles. The lowest BCUT2D eigenvalue weighted by Gasteiger charge is -2.21. The number of aliphatic hydroxyl groups is 1. The number of hydrogen-bond acceptors (Lipinski definition) is 15. The molecule has 0 radical (unpaired) electrons. The van der Waals surface area contributed by atoms with Gasteiger partial charge in [0.05, 0.1) is 26.4 Å². The largest absolute Gasteiger partial charge is 0.472 e. The van der Waals surface area contributed by atoms with Crippen LogP contribution in [-0.4, -0.2) is 96.7 Å². The predicted octanol–water partition coefficient (Wildman–Crippen LogP) is 22.7. The molecule has 0 fully saturated rings. The summed E-state index contributed by atoms with van der Waals surface area (Å²) in [6.07, 6.45) is 56.7. The number of unbranched alkanes of at least 4 members (excludes halogenated alkanes) is 46. The van der Waals surface area contributed by atoms with Crippen molar-refractivity contribution in [3.05, 3.63) is 0 Å². The molecule has 0 aromatic rings. The van der Waals surface area contributed by atoms with Crippen LogP contribution in [0.2, 0.25) is 0 Å². The van der Waals surface area contributed by atoms with Crippen LogP contribution in [0.25, 0.3) is 0 Å². The van der Waals surface area contributed by atoms with Gasteiger partial charge in [-0.25, -0.2) is 9.13 Å². The highest BCUT2D eigenvalue weighted by Gasteiger charge is 2.30. The highest BCUT2D eigenvalue weighted by atomic mass is 31.2. The highest BCUT2D eigenvalue weighted by Crippen LogP contribution is 2.45.